The first kappa shape index (κ1) is 14.2. The van der Waals surface area contributed by atoms with Gasteiger partial charge in [-0.25, -0.2) is 8.42 Å². The molecule has 0 aromatic heterocycles. The summed E-state index contributed by atoms with van der Waals surface area (Å²) in [5.74, 6) is -1.50. The Labute approximate surface area is 105 Å². The van der Waals surface area contributed by atoms with Crippen LogP contribution >= 0.6 is 0 Å². The molecule has 0 aliphatic rings. The van der Waals surface area contributed by atoms with Crippen LogP contribution in [-0.2, 0) is 20.6 Å². The van der Waals surface area contributed by atoms with Crippen LogP contribution in [0.15, 0.2) is 24.3 Å². The average molecular weight is 268 g/mol. The topological polar surface area (TPSA) is 98.5 Å². The smallest absolute Gasteiger partial charge is 0.318 e. The molecule has 1 aromatic rings. The molecule has 96 valence electrons. The van der Waals surface area contributed by atoms with E-state index in [2.05, 4.69) is 0 Å². The molecule has 0 spiro atoms. The van der Waals surface area contributed by atoms with Gasteiger partial charge >= 0.3 is 5.97 Å². The Bertz CT molecular complexity index is 572. The molecule has 0 aliphatic carbocycles. The number of hydrogen-bond donors (Lipinski definition) is 1. The van der Waals surface area contributed by atoms with E-state index in [0.29, 0.717) is 11.1 Å². The molecule has 0 amide bonds. The van der Waals surface area contributed by atoms with Crippen molar-refractivity contribution in [2.24, 2.45) is 0 Å². The highest BCUT2D eigenvalue weighted by atomic mass is 32.2. The van der Waals surface area contributed by atoms with Crippen molar-refractivity contribution in [2.45, 2.75) is 5.75 Å². The molecule has 0 fully saturated rings. The zero-order chi connectivity index (χ0) is 13.8. The molecule has 0 radical (unpaired) electrons. The van der Waals surface area contributed by atoms with Crippen molar-refractivity contribution in [1.82, 2.24) is 4.31 Å². The fourth-order valence-electron chi connectivity index (χ4n) is 1.29. The lowest BCUT2D eigenvalue weighted by Crippen LogP contribution is -2.32. The Hall–Kier alpha value is -1.91. The molecule has 1 aromatic carbocycles. The van der Waals surface area contributed by atoms with Crippen LogP contribution < -0.4 is 0 Å². The van der Waals surface area contributed by atoms with Gasteiger partial charge in [-0.1, -0.05) is 12.1 Å². The van der Waals surface area contributed by atoms with Crippen molar-refractivity contribution in [3.05, 3.63) is 35.4 Å². The summed E-state index contributed by atoms with van der Waals surface area (Å²) in [5, 5.41) is 17.1. The second kappa shape index (κ2) is 5.62. The minimum Gasteiger partial charge on any atom is -0.480 e. The molecule has 1 N–H and O–H groups in total. The number of hydrogen-bond acceptors (Lipinski definition) is 4. The first-order valence-electron chi connectivity index (χ1n) is 5.00. The lowest BCUT2D eigenvalue weighted by atomic mass is 10.2. The van der Waals surface area contributed by atoms with Gasteiger partial charge < -0.3 is 5.11 Å². The number of carboxylic acid groups (broad SMARTS) is 1. The fraction of sp³-hybridized carbons (Fsp3) is 0.273. The maximum absolute atomic E-state index is 11.8. The molecule has 0 heterocycles. The van der Waals surface area contributed by atoms with Gasteiger partial charge in [0.2, 0.25) is 10.0 Å². The van der Waals surface area contributed by atoms with Crippen LogP contribution in [0.25, 0.3) is 0 Å². The minimum atomic E-state index is -3.66. The van der Waals surface area contributed by atoms with Gasteiger partial charge in [-0.15, -0.1) is 0 Å². The van der Waals surface area contributed by atoms with Crippen molar-refractivity contribution in [3.8, 4) is 6.07 Å². The standard InChI is InChI=1S/C11H12N2O4S/c1-13(7-11(14)15)18(16,17)8-10-4-2-9(6-12)3-5-10/h2-5H,7-8H2,1H3,(H,14,15). The average Bonchev–Trinajstić information content (AvgIpc) is 2.28. The second-order valence-electron chi connectivity index (χ2n) is 3.71. The van der Waals surface area contributed by atoms with Crippen LogP contribution in [0.2, 0.25) is 0 Å². The number of aliphatic carboxylic acids is 1. The van der Waals surface area contributed by atoms with E-state index in [0.717, 1.165) is 4.31 Å². The Kier molecular flexibility index (Phi) is 4.42. The normalized spacial score (nSPS) is 11.2. The van der Waals surface area contributed by atoms with Crippen LogP contribution in [0.4, 0.5) is 0 Å². The molecule has 7 heteroatoms. The zero-order valence-corrected chi connectivity index (χ0v) is 10.5. The largest absolute Gasteiger partial charge is 0.480 e. The summed E-state index contributed by atoms with van der Waals surface area (Å²) in [6.45, 7) is -0.571. The Morgan fingerprint density at radius 2 is 1.94 bits per heavy atom. The van der Waals surface area contributed by atoms with Gasteiger partial charge in [-0.05, 0) is 17.7 Å². The van der Waals surface area contributed by atoms with E-state index in [1.807, 2.05) is 6.07 Å². The van der Waals surface area contributed by atoms with Gasteiger partial charge in [-0.2, -0.15) is 9.57 Å². The van der Waals surface area contributed by atoms with Crippen molar-refractivity contribution >= 4 is 16.0 Å². The third-order valence-corrected chi connectivity index (χ3v) is 4.04. The lowest BCUT2D eigenvalue weighted by Gasteiger charge is -2.14. The monoisotopic (exact) mass is 268 g/mol. The number of rotatable bonds is 5. The second-order valence-corrected chi connectivity index (χ2v) is 5.79. The summed E-state index contributed by atoms with van der Waals surface area (Å²) in [5.41, 5.74) is 0.946. The molecule has 0 saturated carbocycles. The Morgan fingerprint density at radius 3 is 2.39 bits per heavy atom. The lowest BCUT2D eigenvalue weighted by molar-refractivity contribution is -0.137. The van der Waals surface area contributed by atoms with Crippen LogP contribution in [-0.4, -0.2) is 37.4 Å². The Balaban J connectivity index is 2.82. The zero-order valence-electron chi connectivity index (χ0n) is 9.70. The molecule has 0 aliphatic heterocycles. The molecule has 18 heavy (non-hydrogen) atoms. The van der Waals surface area contributed by atoms with E-state index in [9.17, 15) is 13.2 Å². The van der Waals surface area contributed by atoms with Gasteiger partial charge in [0.25, 0.3) is 0 Å². The highest BCUT2D eigenvalue weighted by Gasteiger charge is 2.20. The summed E-state index contributed by atoms with van der Waals surface area (Å²) in [6.07, 6.45) is 0. The summed E-state index contributed by atoms with van der Waals surface area (Å²) >= 11 is 0. The molecule has 0 atom stereocenters. The number of carbonyl (C=O) groups is 1. The van der Waals surface area contributed by atoms with Crippen LogP contribution in [0.3, 0.4) is 0 Å². The molecule has 6 nitrogen and oxygen atoms in total. The van der Waals surface area contributed by atoms with E-state index < -0.39 is 22.5 Å². The number of sulfonamides is 1. The highest BCUT2D eigenvalue weighted by molar-refractivity contribution is 7.88. The number of nitriles is 1. The van der Waals surface area contributed by atoms with Crippen LogP contribution in [0.5, 0.6) is 0 Å². The van der Waals surface area contributed by atoms with Crippen LogP contribution in [0, 0.1) is 11.3 Å². The van der Waals surface area contributed by atoms with Gasteiger partial charge in [0.1, 0.15) is 6.54 Å². The first-order chi connectivity index (χ1) is 8.35. The first-order valence-corrected chi connectivity index (χ1v) is 6.61. The van der Waals surface area contributed by atoms with Crippen molar-refractivity contribution in [1.29, 1.82) is 5.26 Å². The van der Waals surface area contributed by atoms with Crippen LogP contribution in [0.1, 0.15) is 11.1 Å². The summed E-state index contributed by atoms with van der Waals surface area (Å²) < 4.78 is 24.4. The molecular formula is C11H12N2O4S. The Morgan fingerprint density at radius 1 is 1.39 bits per heavy atom. The number of carboxylic acids is 1. The van der Waals surface area contributed by atoms with E-state index >= 15 is 0 Å². The third kappa shape index (κ3) is 3.84. The van der Waals surface area contributed by atoms with Crippen molar-refractivity contribution in [3.63, 3.8) is 0 Å². The van der Waals surface area contributed by atoms with E-state index in [4.69, 9.17) is 10.4 Å². The predicted octanol–water partition coefficient (Wildman–Crippen LogP) is 0.404. The summed E-state index contributed by atoms with van der Waals surface area (Å²) in [7, 11) is -2.44. The van der Waals surface area contributed by atoms with Gasteiger partial charge in [0.15, 0.2) is 0 Å². The molecule has 1 rings (SSSR count). The predicted molar refractivity (Wildman–Crippen MR) is 64.0 cm³/mol. The van der Waals surface area contributed by atoms with Gasteiger partial charge in [-0.3, -0.25) is 4.79 Å². The summed E-state index contributed by atoms with van der Waals surface area (Å²) in [4.78, 5) is 10.5. The highest BCUT2D eigenvalue weighted by Crippen LogP contribution is 2.10. The quantitative estimate of drug-likeness (QED) is 0.833. The van der Waals surface area contributed by atoms with Crippen molar-refractivity contribution in [2.75, 3.05) is 13.6 Å². The maximum Gasteiger partial charge on any atom is 0.318 e. The minimum absolute atomic E-state index is 0.289. The number of likely N-dealkylation sites (N-methyl/N-ethyl adjacent to an activating group) is 1. The van der Waals surface area contributed by atoms with Gasteiger partial charge in [0.05, 0.1) is 17.4 Å². The molecule has 0 unspecified atom stereocenters. The maximum atomic E-state index is 11.8. The number of benzene rings is 1. The van der Waals surface area contributed by atoms with Gasteiger partial charge in [0, 0.05) is 7.05 Å². The third-order valence-electron chi connectivity index (χ3n) is 2.26. The summed E-state index contributed by atoms with van der Waals surface area (Å²) in [6, 6.07) is 8.03. The van der Waals surface area contributed by atoms with E-state index in [1.165, 1.54) is 31.3 Å². The van der Waals surface area contributed by atoms with E-state index in [1.54, 1.807) is 0 Å². The molecule has 0 saturated heterocycles. The fourth-order valence-corrected chi connectivity index (χ4v) is 2.43. The SMILES string of the molecule is CN(CC(=O)O)S(=O)(=O)Cc1ccc(C#N)cc1. The van der Waals surface area contributed by atoms with Crippen molar-refractivity contribution < 1.29 is 18.3 Å². The van der Waals surface area contributed by atoms with E-state index in [-0.39, 0.29) is 5.75 Å². The number of nitrogens with zero attached hydrogens (tertiary/aromatic N) is 2. The molecule has 0 bridgehead atoms. The molecular weight excluding hydrogens is 256 g/mol.